The van der Waals surface area contributed by atoms with Crippen molar-refractivity contribution in [3.8, 4) is 0 Å². The highest BCUT2D eigenvalue weighted by molar-refractivity contribution is 5.88. The second-order valence-electron chi connectivity index (χ2n) is 3.28. The highest BCUT2D eigenvalue weighted by Crippen LogP contribution is 2.04. The number of hydrogen-bond donors (Lipinski definition) is 3. The Bertz CT molecular complexity index is 211. The van der Waals surface area contributed by atoms with Gasteiger partial charge in [0, 0.05) is 0 Å². The molecular weight excluding hydrogens is 170 g/mol. The lowest BCUT2D eigenvalue weighted by molar-refractivity contribution is -0.128. The number of amides is 2. The normalized spacial score (nSPS) is 23.9. The van der Waals surface area contributed by atoms with Gasteiger partial charge in [-0.2, -0.15) is 0 Å². The van der Waals surface area contributed by atoms with Crippen LogP contribution in [0.2, 0.25) is 0 Å². The Hall–Kier alpha value is -1.10. The van der Waals surface area contributed by atoms with Gasteiger partial charge in [0.15, 0.2) is 0 Å². The summed E-state index contributed by atoms with van der Waals surface area (Å²) >= 11 is 0. The number of carbonyl (C=O) groups excluding carboxylic acids is 2. The average Bonchev–Trinajstić information content (AvgIpc) is 2.55. The van der Waals surface area contributed by atoms with E-state index in [4.69, 9.17) is 5.73 Å². The fourth-order valence-electron chi connectivity index (χ4n) is 1.29. The first kappa shape index (κ1) is 9.98. The van der Waals surface area contributed by atoms with Gasteiger partial charge < -0.3 is 16.4 Å². The molecule has 74 valence electrons. The molecule has 5 heteroatoms. The van der Waals surface area contributed by atoms with E-state index in [0.29, 0.717) is 0 Å². The SMILES string of the molecule is C[C@@H](NC(=O)[C@@H]1CCCN1)C(N)=O. The van der Waals surface area contributed by atoms with Crippen molar-refractivity contribution in [3.63, 3.8) is 0 Å². The summed E-state index contributed by atoms with van der Waals surface area (Å²) in [6.45, 7) is 2.44. The molecule has 0 aliphatic carbocycles. The summed E-state index contributed by atoms with van der Waals surface area (Å²) in [5, 5.41) is 5.58. The van der Waals surface area contributed by atoms with Crippen LogP contribution in [0.1, 0.15) is 19.8 Å². The number of rotatable bonds is 3. The zero-order valence-corrected chi connectivity index (χ0v) is 7.67. The molecule has 0 unspecified atom stereocenters. The predicted molar refractivity (Wildman–Crippen MR) is 47.8 cm³/mol. The molecular formula is C8H15N3O2. The van der Waals surface area contributed by atoms with Crippen LogP contribution in [0.25, 0.3) is 0 Å². The molecule has 0 saturated carbocycles. The molecule has 1 heterocycles. The highest BCUT2D eigenvalue weighted by atomic mass is 16.2. The molecule has 0 aromatic heterocycles. The lowest BCUT2D eigenvalue weighted by Gasteiger charge is -2.14. The van der Waals surface area contributed by atoms with E-state index in [9.17, 15) is 9.59 Å². The van der Waals surface area contributed by atoms with Crippen molar-refractivity contribution in [2.24, 2.45) is 5.73 Å². The molecule has 2 amide bonds. The van der Waals surface area contributed by atoms with E-state index in [1.807, 2.05) is 0 Å². The van der Waals surface area contributed by atoms with Crippen LogP contribution in [0.4, 0.5) is 0 Å². The maximum absolute atomic E-state index is 11.4. The molecule has 1 rings (SSSR count). The smallest absolute Gasteiger partial charge is 0.239 e. The van der Waals surface area contributed by atoms with Crippen LogP contribution in [0.3, 0.4) is 0 Å². The first-order valence-electron chi connectivity index (χ1n) is 4.44. The van der Waals surface area contributed by atoms with Crippen LogP contribution >= 0.6 is 0 Å². The van der Waals surface area contributed by atoms with Gasteiger partial charge in [0.1, 0.15) is 6.04 Å². The number of nitrogens with two attached hydrogens (primary N) is 1. The molecule has 0 bridgehead atoms. The van der Waals surface area contributed by atoms with Gasteiger partial charge in [-0.25, -0.2) is 0 Å². The predicted octanol–water partition coefficient (Wildman–Crippen LogP) is -1.27. The third-order valence-electron chi connectivity index (χ3n) is 2.16. The van der Waals surface area contributed by atoms with Crippen LogP contribution in [0.15, 0.2) is 0 Å². The number of hydrogen-bond acceptors (Lipinski definition) is 3. The van der Waals surface area contributed by atoms with Gasteiger partial charge in [-0.05, 0) is 26.3 Å². The van der Waals surface area contributed by atoms with Crippen molar-refractivity contribution in [2.45, 2.75) is 31.8 Å². The van der Waals surface area contributed by atoms with Gasteiger partial charge in [-0.1, -0.05) is 0 Å². The first-order valence-corrected chi connectivity index (χ1v) is 4.44. The summed E-state index contributed by atoms with van der Waals surface area (Å²) in [7, 11) is 0. The van der Waals surface area contributed by atoms with E-state index in [1.54, 1.807) is 6.92 Å². The van der Waals surface area contributed by atoms with Crippen molar-refractivity contribution in [1.82, 2.24) is 10.6 Å². The van der Waals surface area contributed by atoms with E-state index >= 15 is 0 Å². The molecule has 0 aromatic carbocycles. The Morgan fingerprint density at radius 3 is 2.77 bits per heavy atom. The Morgan fingerprint density at radius 1 is 1.62 bits per heavy atom. The summed E-state index contributed by atoms with van der Waals surface area (Å²) < 4.78 is 0. The van der Waals surface area contributed by atoms with Gasteiger partial charge >= 0.3 is 0 Å². The molecule has 13 heavy (non-hydrogen) atoms. The molecule has 4 N–H and O–H groups in total. The van der Waals surface area contributed by atoms with E-state index in [0.717, 1.165) is 19.4 Å². The minimum atomic E-state index is -0.588. The molecule has 0 aromatic rings. The van der Waals surface area contributed by atoms with Crippen LogP contribution in [0, 0.1) is 0 Å². The van der Waals surface area contributed by atoms with Gasteiger partial charge in [0.2, 0.25) is 11.8 Å². The van der Waals surface area contributed by atoms with Crippen molar-refractivity contribution in [2.75, 3.05) is 6.54 Å². The van der Waals surface area contributed by atoms with Gasteiger partial charge in [0.25, 0.3) is 0 Å². The second-order valence-corrected chi connectivity index (χ2v) is 3.28. The van der Waals surface area contributed by atoms with Gasteiger partial charge in [-0.15, -0.1) is 0 Å². The first-order chi connectivity index (χ1) is 6.11. The van der Waals surface area contributed by atoms with Gasteiger partial charge in [0.05, 0.1) is 6.04 Å². The largest absolute Gasteiger partial charge is 0.368 e. The molecule has 0 radical (unpaired) electrons. The minimum absolute atomic E-state index is 0.135. The summed E-state index contributed by atoms with van der Waals surface area (Å²) in [6, 6.07) is -0.739. The Kier molecular flexibility index (Phi) is 3.25. The van der Waals surface area contributed by atoms with Crippen LogP contribution in [-0.4, -0.2) is 30.4 Å². The van der Waals surface area contributed by atoms with Crippen LogP contribution < -0.4 is 16.4 Å². The average molecular weight is 185 g/mol. The number of carbonyl (C=O) groups is 2. The maximum atomic E-state index is 11.4. The maximum Gasteiger partial charge on any atom is 0.239 e. The van der Waals surface area contributed by atoms with Crippen molar-refractivity contribution < 1.29 is 9.59 Å². The summed E-state index contributed by atoms with van der Waals surface area (Å²) in [4.78, 5) is 22.0. The molecule has 1 aliphatic heterocycles. The number of primary amides is 1. The third kappa shape index (κ3) is 2.69. The Labute approximate surface area is 77.1 Å². The standard InChI is InChI=1S/C8H15N3O2/c1-5(7(9)12)11-8(13)6-3-2-4-10-6/h5-6,10H,2-4H2,1H3,(H2,9,12)(H,11,13)/t5-,6+/m1/s1. The molecule has 0 spiro atoms. The van der Waals surface area contributed by atoms with E-state index < -0.39 is 11.9 Å². The monoisotopic (exact) mass is 185 g/mol. The van der Waals surface area contributed by atoms with Crippen molar-refractivity contribution in [3.05, 3.63) is 0 Å². The van der Waals surface area contributed by atoms with E-state index in [1.165, 1.54) is 0 Å². The summed E-state index contributed by atoms with van der Waals surface area (Å²) in [5.41, 5.74) is 5.01. The fourth-order valence-corrected chi connectivity index (χ4v) is 1.29. The summed E-state index contributed by atoms with van der Waals surface area (Å²) in [6.07, 6.45) is 1.83. The molecule has 1 fully saturated rings. The Morgan fingerprint density at radius 2 is 2.31 bits per heavy atom. The highest BCUT2D eigenvalue weighted by Gasteiger charge is 2.23. The van der Waals surface area contributed by atoms with Crippen molar-refractivity contribution in [1.29, 1.82) is 0 Å². The van der Waals surface area contributed by atoms with Crippen molar-refractivity contribution >= 4 is 11.8 Å². The van der Waals surface area contributed by atoms with E-state index in [-0.39, 0.29) is 11.9 Å². The minimum Gasteiger partial charge on any atom is -0.368 e. The third-order valence-corrected chi connectivity index (χ3v) is 2.16. The van der Waals surface area contributed by atoms with Crippen LogP contribution in [-0.2, 0) is 9.59 Å². The van der Waals surface area contributed by atoms with Gasteiger partial charge in [-0.3, -0.25) is 9.59 Å². The topological polar surface area (TPSA) is 84.2 Å². The quantitative estimate of drug-likeness (QED) is 0.512. The zero-order chi connectivity index (χ0) is 9.84. The number of nitrogens with one attached hydrogen (secondary N) is 2. The molecule has 2 atom stereocenters. The van der Waals surface area contributed by atoms with E-state index in [2.05, 4.69) is 10.6 Å². The summed E-state index contributed by atoms with van der Waals surface area (Å²) in [5.74, 6) is -0.643. The lowest BCUT2D eigenvalue weighted by Crippen LogP contribution is -2.48. The lowest BCUT2D eigenvalue weighted by atomic mass is 10.2. The van der Waals surface area contributed by atoms with Crippen LogP contribution in [0.5, 0.6) is 0 Å². The zero-order valence-electron chi connectivity index (χ0n) is 7.67. The second kappa shape index (κ2) is 4.23. The molecule has 5 nitrogen and oxygen atoms in total. The fraction of sp³-hybridized carbons (Fsp3) is 0.750. The molecule has 1 aliphatic rings. The molecule has 1 saturated heterocycles. The Balaban J connectivity index is 2.35.